The summed E-state index contributed by atoms with van der Waals surface area (Å²) in [7, 11) is -0.520. The molecule has 112 valence electrons. The van der Waals surface area contributed by atoms with E-state index in [0.717, 1.165) is 0 Å². The van der Waals surface area contributed by atoms with Crippen molar-refractivity contribution >= 4 is 31.9 Å². The maximum atomic E-state index is 12.4. The first-order chi connectivity index (χ1) is 9.21. The number of carboxylic acid groups (broad SMARTS) is 1. The molecule has 0 saturated heterocycles. The van der Waals surface area contributed by atoms with Crippen LogP contribution in [0, 0.1) is 6.92 Å². The Labute approximate surface area is 127 Å². The van der Waals surface area contributed by atoms with Crippen LogP contribution in [-0.2, 0) is 10.0 Å². The van der Waals surface area contributed by atoms with E-state index in [-0.39, 0.29) is 10.5 Å². The highest BCUT2D eigenvalue weighted by Gasteiger charge is 2.23. The summed E-state index contributed by atoms with van der Waals surface area (Å²) in [5.41, 5.74) is 0.467. The first kappa shape index (κ1) is 17.1. The van der Waals surface area contributed by atoms with E-state index in [1.54, 1.807) is 14.0 Å². The van der Waals surface area contributed by atoms with E-state index >= 15 is 0 Å². The molecule has 1 rings (SSSR count). The summed E-state index contributed by atoms with van der Waals surface area (Å²) in [5.74, 6) is -1.15. The van der Waals surface area contributed by atoms with E-state index in [2.05, 4.69) is 21.2 Å². The lowest BCUT2D eigenvalue weighted by molar-refractivity contribution is 0.0695. The summed E-state index contributed by atoms with van der Waals surface area (Å²) in [6.07, 6.45) is 0. The molecule has 0 aliphatic heterocycles. The Morgan fingerprint density at radius 3 is 2.55 bits per heavy atom. The summed E-state index contributed by atoms with van der Waals surface area (Å²) in [6, 6.07) is 2.61. The van der Waals surface area contributed by atoms with Crippen molar-refractivity contribution in [3.63, 3.8) is 0 Å². The number of carbonyl (C=O) groups is 1. The van der Waals surface area contributed by atoms with Crippen LogP contribution in [0.2, 0.25) is 0 Å². The molecule has 0 unspecified atom stereocenters. The van der Waals surface area contributed by atoms with Crippen LogP contribution in [0.25, 0.3) is 0 Å². The minimum Gasteiger partial charge on any atom is -0.478 e. The first-order valence-electron chi connectivity index (χ1n) is 5.86. The van der Waals surface area contributed by atoms with E-state index in [0.29, 0.717) is 23.1 Å². The molecule has 0 amide bonds. The smallest absolute Gasteiger partial charge is 0.336 e. The largest absolute Gasteiger partial charge is 0.478 e. The Morgan fingerprint density at radius 1 is 1.45 bits per heavy atom. The third kappa shape index (κ3) is 3.57. The maximum Gasteiger partial charge on any atom is 0.336 e. The lowest BCUT2D eigenvalue weighted by atomic mass is 10.1. The van der Waals surface area contributed by atoms with Gasteiger partial charge in [0.1, 0.15) is 0 Å². The van der Waals surface area contributed by atoms with E-state index in [1.165, 1.54) is 23.5 Å². The van der Waals surface area contributed by atoms with Crippen LogP contribution in [0.3, 0.4) is 0 Å². The molecule has 1 aromatic carbocycles. The zero-order valence-electron chi connectivity index (χ0n) is 11.5. The van der Waals surface area contributed by atoms with Crippen molar-refractivity contribution in [1.29, 1.82) is 0 Å². The van der Waals surface area contributed by atoms with Crippen molar-refractivity contribution in [1.82, 2.24) is 9.62 Å². The Hall–Kier alpha value is -0.960. The van der Waals surface area contributed by atoms with Gasteiger partial charge in [-0.2, -0.15) is 4.31 Å². The van der Waals surface area contributed by atoms with Gasteiger partial charge >= 0.3 is 5.97 Å². The predicted molar refractivity (Wildman–Crippen MR) is 79.6 cm³/mol. The highest BCUT2D eigenvalue weighted by molar-refractivity contribution is 9.10. The zero-order valence-corrected chi connectivity index (χ0v) is 13.9. The molecular formula is C12H17BrN2O4S. The normalized spacial score (nSPS) is 11.8. The standard InChI is InChI=1S/C12H17BrN2O4S/c1-8-10(12(16)17)6-9(7-11(8)13)20(18,19)15(3)5-4-14-2/h6-7,14H,4-5H2,1-3H3,(H,16,17). The molecule has 8 heteroatoms. The molecule has 6 nitrogen and oxygen atoms in total. The van der Waals surface area contributed by atoms with Crippen molar-refractivity contribution in [3.8, 4) is 0 Å². The van der Waals surface area contributed by atoms with Crippen molar-refractivity contribution in [2.75, 3.05) is 27.2 Å². The number of hydrogen-bond acceptors (Lipinski definition) is 4. The fourth-order valence-electron chi connectivity index (χ4n) is 1.59. The van der Waals surface area contributed by atoms with Gasteiger partial charge in [-0.15, -0.1) is 0 Å². The van der Waals surface area contributed by atoms with E-state index in [9.17, 15) is 13.2 Å². The first-order valence-corrected chi connectivity index (χ1v) is 8.09. The van der Waals surface area contributed by atoms with Gasteiger partial charge in [0, 0.05) is 24.6 Å². The molecule has 0 aromatic heterocycles. The number of halogens is 1. The average molecular weight is 365 g/mol. The number of sulfonamides is 1. The molecule has 0 radical (unpaired) electrons. The van der Waals surface area contributed by atoms with E-state index < -0.39 is 16.0 Å². The van der Waals surface area contributed by atoms with Crippen molar-refractivity contribution < 1.29 is 18.3 Å². The molecule has 0 heterocycles. The molecule has 0 bridgehead atoms. The number of carboxylic acids is 1. The summed E-state index contributed by atoms with van der Waals surface area (Å²) < 4.78 is 26.4. The van der Waals surface area contributed by atoms with Gasteiger partial charge in [-0.25, -0.2) is 13.2 Å². The molecular weight excluding hydrogens is 348 g/mol. The Balaban J connectivity index is 3.29. The van der Waals surface area contributed by atoms with Gasteiger partial charge in [-0.3, -0.25) is 0 Å². The Bertz CT molecular complexity index is 616. The number of nitrogens with zero attached hydrogens (tertiary/aromatic N) is 1. The second-order valence-corrected chi connectivity index (χ2v) is 7.21. The van der Waals surface area contributed by atoms with Crippen LogP contribution in [0.5, 0.6) is 0 Å². The van der Waals surface area contributed by atoms with Crippen LogP contribution in [-0.4, -0.2) is 51.0 Å². The second kappa shape index (κ2) is 6.66. The molecule has 2 N–H and O–H groups in total. The molecule has 20 heavy (non-hydrogen) atoms. The third-order valence-electron chi connectivity index (χ3n) is 2.93. The topological polar surface area (TPSA) is 86.7 Å². The molecule has 0 aliphatic rings. The number of aromatic carboxylic acids is 1. The number of rotatable bonds is 6. The van der Waals surface area contributed by atoms with Crippen LogP contribution in [0.1, 0.15) is 15.9 Å². The van der Waals surface area contributed by atoms with Crippen LogP contribution in [0.4, 0.5) is 0 Å². The number of nitrogens with one attached hydrogen (secondary N) is 1. The maximum absolute atomic E-state index is 12.4. The van der Waals surface area contributed by atoms with Gasteiger partial charge < -0.3 is 10.4 Å². The van der Waals surface area contributed by atoms with E-state index in [1.807, 2.05) is 0 Å². The Kier molecular flexibility index (Phi) is 5.69. The average Bonchev–Trinajstić information content (AvgIpc) is 2.38. The predicted octanol–water partition coefficient (Wildman–Crippen LogP) is 1.30. The van der Waals surface area contributed by atoms with Crippen molar-refractivity contribution in [2.45, 2.75) is 11.8 Å². The fourth-order valence-corrected chi connectivity index (χ4v) is 3.43. The van der Waals surface area contributed by atoms with E-state index in [4.69, 9.17) is 5.11 Å². The minimum atomic E-state index is -3.71. The number of likely N-dealkylation sites (N-methyl/N-ethyl adjacent to an activating group) is 2. The molecule has 0 atom stereocenters. The summed E-state index contributed by atoms with van der Waals surface area (Å²) in [4.78, 5) is 11.1. The van der Waals surface area contributed by atoms with Gasteiger partial charge in [0.2, 0.25) is 10.0 Å². The van der Waals surface area contributed by atoms with Gasteiger partial charge in [-0.1, -0.05) is 15.9 Å². The van der Waals surface area contributed by atoms with Crippen molar-refractivity contribution in [2.24, 2.45) is 0 Å². The van der Waals surface area contributed by atoms with Crippen LogP contribution < -0.4 is 5.32 Å². The van der Waals surface area contributed by atoms with Gasteiger partial charge in [0.05, 0.1) is 10.5 Å². The fraction of sp³-hybridized carbons (Fsp3) is 0.417. The molecule has 1 aromatic rings. The quantitative estimate of drug-likeness (QED) is 0.794. The zero-order chi connectivity index (χ0) is 15.5. The molecule has 0 saturated carbocycles. The molecule has 0 fully saturated rings. The minimum absolute atomic E-state index is 0.0278. The number of hydrogen-bond donors (Lipinski definition) is 2. The second-order valence-electron chi connectivity index (χ2n) is 4.31. The Morgan fingerprint density at radius 2 is 2.05 bits per heavy atom. The highest BCUT2D eigenvalue weighted by Crippen LogP contribution is 2.26. The summed E-state index contributed by atoms with van der Waals surface area (Å²) >= 11 is 3.20. The van der Waals surface area contributed by atoms with Crippen molar-refractivity contribution in [3.05, 3.63) is 27.7 Å². The molecule has 0 spiro atoms. The molecule has 0 aliphatic carbocycles. The van der Waals surface area contributed by atoms with Crippen LogP contribution in [0.15, 0.2) is 21.5 Å². The highest BCUT2D eigenvalue weighted by atomic mass is 79.9. The van der Waals surface area contributed by atoms with Gasteiger partial charge in [0.25, 0.3) is 0 Å². The summed E-state index contributed by atoms with van der Waals surface area (Å²) in [5, 5.41) is 12.0. The lowest BCUT2D eigenvalue weighted by Crippen LogP contribution is -2.33. The lowest BCUT2D eigenvalue weighted by Gasteiger charge is -2.18. The van der Waals surface area contributed by atoms with Gasteiger partial charge in [-0.05, 0) is 31.7 Å². The SMILES string of the molecule is CNCCN(C)S(=O)(=O)c1cc(Br)c(C)c(C(=O)O)c1. The van der Waals surface area contributed by atoms with Crippen LogP contribution >= 0.6 is 15.9 Å². The monoisotopic (exact) mass is 364 g/mol. The summed E-state index contributed by atoms with van der Waals surface area (Å²) in [6.45, 7) is 2.43. The van der Waals surface area contributed by atoms with Gasteiger partial charge in [0.15, 0.2) is 0 Å². The third-order valence-corrected chi connectivity index (χ3v) is 5.59. The number of benzene rings is 1.